The lowest BCUT2D eigenvalue weighted by atomic mass is 10.1. The van der Waals surface area contributed by atoms with Crippen LogP contribution in [0.1, 0.15) is 34.9 Å². The lowest BCUT2D eigenvalue weighted by Gasteiger charge is -2.19. The van der Waals surface area contributed by atoms with Crippen molar-refractivity contribution in [1.29, 1.82) is 0 Å². The summed E-state index contributed by atoms with van der Waals surface area (Å²) >= 11 is 3.43. The van der Waals surface area contributed by atoms with Crippen molar-refractivity contribution < 1.29 is 14.3 Å². The van der Waals surface area contributed by atoms with Crippen LogP contribution in [0.3, 0.4) is 0 Å². The Labute approximate surface area is 210 Å². The summed E-state index contributed by atoms with van der Waals surface area (Å²) in [6, 6.07) is 22.0. The van der Waals surface area contributed by atoms with Crippen molar-refractivity contribution in [2.75, 3.05) is 12.4 Å². The molecule has 2 heterocycles. The molecule has 7 nitrogen and oxygen atoms in total. The third kappa shape index (κ3) is 4.99. The van der Waals surface area contributed by atoms with E-state index in [-0.39, 0.29) is 36.2 Å². The molecule has 1 aliphatic rings. The molecule has 1 saturated heterocycles. The molecule has 5 rings (SSSR count). The first-order chi connectivity index (χ1) is 17.0. The van der Waals surface area contributed by atoms with E-state index in [2.05, 4.69) is 26.2 Å². The minimum absolute atomic E-state index is 0.0617. The Kier molecular flexibility index (Phi) is 6.66. The molecule has 1 fully saturated rings. The third-order valence-electron chi connectivity index (χ3n) is 6.16. The van der Waals surface area contributed by atoms with Crippen LogP contribution in [0.4, 0.5) is 5.95 Å². The normalized spacial score (nSPS) is 17.4. The first kappa shape index (κ1) is 23.3. The first-order valence-corrected chi connectivity index (χ1v) is 12.2. The number of methoxy groups -OCH3 is 1. The zero-order valence-electron chi connectivity index (χ0n) is 19.1. The van der Waals surface area contributed by atoms with Crippen molar-refractivity contribution >= 4 is 38.7 Å². The van der Waals surface area contributed by atoms with Crippen LogP contribution in [-0.2, 0) is 11.3 Å². The molecule has 1 amide bonds. The number of benzene rings is 3. The molecule has 0 saturated carbocycles. The molecule has 3 aromatic carbocycles. The van der Waals surface area contributed by atoms with E-state index in [4.69, 9.17) is 9.47 Å². The minimum atomic E-state index is -0.330. The largest absolute Gasteiger partial charge is 0.497 e. The maximum atomic E-state index is 13.5. The Morgan fingerprint density at radius 2 is 1.89 bits per heavy atom. The molecule has 1 N–H and O–H groups in total. The fourth-order valence-corrected chi connectivity index (χ4v) is 4.68. The quantitative estimate of drug-likeness (QED) is 0.361. The molecule has 0 radical (unpaired) electrons. The first-order valence-electron chi connectivity index (χ1n) is 11.4. The number of ether oxygens (including phenoxy) is 2. The fourth-order valence-electron chi connectivity index (χ4n) is 4.33. The number of hydrogen-bond acceptors (Lipinski definition) is 5. The molecule has 2 unspecified atom stereocenters. The van der Waals surface area contributed by atoms with Crippen LogP contribution in [-0.4, -0.2) is 28.7 Å². The fraction of sp³-hybridized carbons (Fsp3) is 0.222. The van der Waals surface area contributed by atoms with Gasteiger partial charge in [0.25, 0.3) is 11.5 Å². The zero-order chi connectivity index (χ0) is 24.4. The molecule has 0 bridgehead atoms. The summed E-state index contributed by atoms with van der Waals surface area (Å²) in [5, 5.41) is 3.32. The smallest absolute Gasteiger partial charge is 0.262 e. The van der Waals surface area contributed by atoms with Crippen molar-refractivity contribution in [3.63, 3.8) is 0 Å². The van der Waals surface area contributed by atoms with E-state index >= 15 is 0 Å². The van der Waals surface area contributed by atoms with Crippen LogP contribution >= 0.6 is 15.9 Å². The predicted octanol–water partition coefficient (Wildman–Crippen LogP) is 5.34. The zero-order valence-corrected chi connectivity index (χ0v) is 20.7. The van der Waals surface area contributed by atoms with E-state index in [1.165, 1.54) is 4.57 Å². The van der Waals surface area contributed by atoms with Gasteiger partial charge in [-0.3, -0.25) is 19.5 Å². The van der Waals surface area contributed by atoms with Crippen molar-refractivity contribution in [3.05, 3.63) is 98.7 Å². The number of fused-ring (bicyclic) bond motifs is 1. The highest BCUT2D eigenvalue weighted by atomic mass is 79.9. The maximum Gasteiger partial charge on any atom is 0.262 e. The Hall–Kier alpha value is -3.49. The average molecular weight is 534 g/mol. The Morgan fingerprint density at radius 1 is 1.11 bits per heavy atom. The second-order valence-corrected chi connectivity index (χ2v) is 9.35. The molecule has 178 valence electrons. The van der Waals surface area contributed by atoms with Crippen molar-refractivity contribution in [2.45, 2.75) is 31.6 Å². The number of rotatable bonds is 6. The molecule has 35 heavy (non-hydrogen) atoms. The maximum absolute atomic E-state index is 13.5. The third-order valence-corrected chi connectivity index (χ3v) is 6.65. The second-order valence-electron chi connectivity index (χ2n) is 8.43. The highest BCUT2D eigenvalue weighted by Gasteiger charge is 2.28. The topological polar surface area (TPSA) is 82.5 Å². The van der Waals surface area contributed by atoms with Crippen LogP contribution in [0.15, 0.2) is 82.1 Å². The van der Waals surface area contributed by atoms with Crippen LogP contribution in [0.25, 0.3) is 10.9 Å². The highest BCUT2D eigenvalue weighted by molar-refractivity contribution is 9.10. The molecule has 0 spiro atoms. The molecule has 2 atom stereocenters. The van der Waals surface area contributed by atoms with Gasteiger partial charge in [-0.1, -0.05) is 46.3 Å². The standard InChI is InChI=1S/C27H24BrN3O4/c1-34-20-10-7-17(8-11-20)24-14-12-21(35-24)16-31-26(33)22-13-9-19(28)15-23(22)29-27(31)30-25(32)18-5-3-2-4-6-18/h2-11,13,15,21,24H,12,14,16H2,1H3,(H,29,30,32). The van der Waals surface area contributed by atoms with Crippen molar-refractivity contribution in [3.8, 4) is 5.75 Å². The number of nitrogens with zero attached hydrogens (tertiary/aromatic N) is 2. The molecule has 1 aliphatic heterocycles. The number of hydrogen-bond donors (Lipinski definition) is 1. The number of anilines is 1. The summed E-state index contributed by atoms with van der Waals surface area (Å²) in [7, 11) is 1.64. The molecule has 1 aromatic heterocycles. The number of nitrogens with one attached hydrogen (secondary N) is 1. The minimum Gasteiger partial charge on any atom is -0.497 e. The number of halogens is 1. The summed E-state index contributed by atoms with van der Waals surface area (Å²) in [5.41, 5.74) is 1.84. The number of amides is 1. The predicted molar refractivity (Wildman–Crippen MR) is 138 cm³/mol. The lowest BCUT2D eigenvalue weighted by Crippen LogP contribution is -2.31. The SMILES string of the molecule is COc1ccc(C2CCC(Cn3c(NC(=O)c4ccccc4)nc4cc(Br)ccc4c3=O)O2)cc1. The summed E-state index contributed by atoms with van der Waals surface area (Å²) in [4.78, 5) is 31.0. The van der Waals surface area contributed by atoms with E-state index in [1.54, 1.807) is 43.5 Å². The molecular formula is C27H24BrN3O4. The van der Waals surface area contributed by atoms with E-state index < -0.39 is 0 Å². The number of carbonyl (C=O) groups is 1. The van der Waals surface area contributed by atoms with Gasteiger partial charge in [-0.05, 0) is 60.9 Å². The monoisotopic (exact) mass is 533 g/mol. The van der Waals surface area contributed by atoms with E-state index in [0.29, 0.717) is 16.5 Å². The van der Waals surface area contributed by atoms with Gasteiger partial charge in [0, 0.05) is 10.0 Å². The van der Waals surface area contributed by atoms with Gasteiger partial charge in [-0.15, -0.1) is 0 Å². The molecule has 4 aromatic rings. The number of aromatic nitrogens is 2. The molecule has 0 aliphatic carbocycles. The molecule has 8 heteroatoms. The molecular weight excluding hydrogens is 510 g/mol. The van der Waals surface area contributed by atoms with Gasteiger partial charge in [0.2, 0.25) is 5.95 Å². The van der Waals surface area contributed by atoms with E-state index in [1.807, 2.05) is 36.4 Å². The van der Waals surface area contributed by atoms with E-state index in [9.17, 15) is 9.59 Å². The van der Waals surface area contributed by atoms with Gasteiger partial charge in [0.1, 0.15) is 5.75 Å². The van der Waals surface area contributed by atoms with Crippen LogP contribution < -0.4 is 15.6 Å². The van der Waals surface area contributed by atoms with Crippen LogP contribution in [0, 0.1) is 0 Å². The van der Waals surface area contributed by atoms with Crippen molar-refractivity contribution in [1.82, 2.24) is 9.55 Å². The summed E-state index contributed by atoms with van der Waals surface area (Å²) in [6.07, 6.45) is 1.37. The van der Waals surface area contributed by atoms with Crippen LogP contribution in [0.2, 0.25) is 0 Å². The van der Waals surface area contributed by atoms with Gasteiger partial charge < -0.3 is 9.47 Å². The summed E-state index contributed by atoms with van der Waals surface area (Å²) in [6.45, 7) is 0.287. The van der Waals surface area contributed by atoms with Gasteiger partial charge in [-0.2, -0.15) is 0 Å². The van der Waals surface area contributed by atoms with Gasteiger partial charge >= 0.3 is 0 Å². The summed E-state index contributed by atoms with van der Waals surface area (Å²) < 4.78 is 13.9. The lowest BCUT2D eigenvalue weighted by molar-refractivity contribution is 0.0347. The second kappa shape index (κ2) is 10.0. The summed E-state index contributed by atoms with van der Waals surface area (Å²) in [5.74, 6) is 0.664. The highest BCUT2D eigenvalue weighted by Crippen LogP contribution is 2.34. The van der Waals surface area contributed by atoms with Crippen molar-refractivity contribution in [2.24, 2.45) is 0 Å². The van der Waals surface area contributed by atoms with Gasteiger partial charge in [0.15, 0.2) is 0 Å². The van der Waals surface area contributed by atoms with Gasteiger partial charge in [0.05, 0.1) is 36.8 Å². The Bertz CT molecular complexity index is 1420. The Balaban J connectivity index is 1.44. The van der Waals surface area contributed by atoms with Gasteiger partial charge in [-0.25, -0.2) is 4.98 Å². The Morgan fingerprint density at radius 3 is 2.63 bits per heavy atom. The van der Waals surface area contributed by atoms with Crippen LogP contribution in [0.5, 0.6) is 5.75 Å². The number of carbonyl (C=O) groups excluding carboxylic acids is 1. The van der Waals surface area contributed by atoms with E-state index in [0.717, 1.165) is 28.6 Å². The average Bonchev–Trinajstić information content (AvgIpc) is 3.35.